The summed E-state index contributed by atoms with van der Waals surface area (Å²) in [6.07, 6.45) is 2.56. The molecule has 2 amide bonds. The highest BCUT2D eigenvalue weighted by Crippen LogP contribution is 2.31. The van der Waals surface area contributed by atoms with Gasteiger partial charge in [0.25, 0.3) is 5.91 Å². The van der Waals surface area contributed by atoms with Crippen LogP contribution in [0.3, 0.4) is 0 Å². The number of amides is 2. The lowest BCUT2D eigenvalue weighted by atomic mass is 10.0. The molecule has 34 heavy (non-hydrogen) atoms. The molecular weight excluding hydrogens is 461 g/mol. The number of ether oxygens (including phenoxy) is 1. The van der Waals surface area contributed by atoms with E-state index in [2.05, 4.69) is 10.6 Å². The maximum absolute atomic E-state index is 14.0. The Morgan fingerprint density at radius 1 is 1.06 bits per heavy atom. The van der Waals surface area contributed by atoms with E-state index >= 15 is 0 Å². The molecule has 0 aromatic heterocycles. The SMILES string of the molecule is COc1ccc(NC(=O)[C@H](NC(=O)c2ccccc2F)C(C)C)cc1S(=O)(=O)N1CCCCC1. The highest BCUT2D eigenvalue weighted by atomic mass is 32.2. The number of carbonyl (C=O) groups is 2. The number of piperidine rings is 1. The molecule has 1 fully saturated rings. The minimum absolute atomic E-state index is 0.0359. The minimum Gasteiger partial charge on any atom is -0.495 e. The third-order valence-electron chi connectivity index (χ3n) is 5.72. The molecule has 0 unspecified atom stereocenters. The van der Waals surface area contributed by atoms with E-state index in [1.165, 1.54) is 53.9 Å². The van der Waals surface area contributed by atoms with Crippen molar-refractivity contribution in [2.75, 3.05) is 25.5 Å². The van der Waals surface area contributed by atoms with Crippen LogP contribution in [0.5, 0.6) is 5.75 Å². The number of benzene rings is 2. The molecule has 1 saturated heterocycles. The fraction of sp³-hybridized carbons (Fsp3) is 0.417. The molecule has 184 valence electrons. The average Bonchev–Trinajstić information content (AvgIpc) is 2.82. The van der Waals surface area contributed by atoms with E-state index in [9.17, 15) is 22.4 Å². The van der Waals surface area contributed by atoms with Crippen molar-refractivity contribution in [1.82, 2.24) is 9.62 Å². The van der Waals surface area contributed by atoms with Crippen LogP contribution >= 0.6 is 0 Å². The molecule has 0 spiro atoms. The van der Waals surface area contributed by atoms with E-state index < -0.39 is 33.7 Å². The quantitative estimate of drug-likeness (QED) is 0.589. The number of hydrogen-bond acceptors (Lipinski definition) is 5. The van der Waals surface area contributed by atoms with E-state index in [0.717, 1.165) is 19.3 Å². The summed E-state index contributed by atoms with van der Waals surface area (Å²) in [6.45, 7) is 4.34. The summed E-state index contributed by atoms with van der Waals surface area (Å²) in [5.41, 5.74) is 0.0764. The van der Waals surface area contributed by atoms with Crippen molar-refractivity contribution >= 4 is 27.5 Å². The van der Waals surface area contributed by atoms with Gasteiger partial charge in [0.1, 0.15) is 22.5 Å². The smallest absolute Gasteiger partial charge is 0.254 e. The fourth-order valence-corrected chi connectivity index (χ4v) is 5.52. The Bertz CT molecular complexity index is 1150. The van der Waals surface area contributed by atoms with Gasteiger partial charge in [-0.3, -0.25) is 9.59 Å². The molecule has 0 aliphatic carbocycles. The molecular formula is C24H30FN3O5S. The Hall–Kier alpha value is -2.98. The van der Waals surface area contributed by atoms with Crippen LogP contribution in [0.1, 0.15) is 43.5 Å². The lowest BCUT2D eigenvalue weighted by molar-refractivity contribution is -0.118. The highest BCUT2D eigenvalue weighted by Gasteiger charge is 2.30. The lowest BCUT2D eigenvalue weighted by Gasteiger charge is -2.27. The van der Waals surface area contributed by atoms with Crippen LogP contribution in [-0.2, 0) is 14.8 Å². The van der Waals surface area contributed by atoms with E-state index in [1.807, 2.05) is 0 Å². The molecule has 1 aliphatic heterocycles. The number of nitrogens with zero attached hydrogens (tertiary/aromatic N) is 1. The molecule has 10 heteroatoms. The number of anilines is 1. The second-order valence-electron chi connectivity index (χ2n) is 8.49. The van der Waals surface area contributed by atoms with E-state index in [-0.39, 0.29) is 27.8 Å². The molecule has 8 nitrogen and oxygen atoms in total. The minimum atomic E-state index is -3.81. The maximum Gasteiger partial charge on any atom is 0.254 e. The van der Waals surface area contributed by atoms with Crippen LogP contribution in [0.25, 0.3) is 0 Å². The maximum atomic E-state index is 14.0. The predicted octanol–water partition coefficient (Wildman–Crippen LogP) is 3.40. The lowest BCUT2D eigenvalue weighted by Crippen LogP contribution is -2.47. The third kappa shape index (κ3) is 5.74. The Kier molecular flexibility index (Phi) is 8.27. The van der Waals surface area contributed by atoms with Gasteiger partial charge in [-0.1, -0.05) is 32.4 Å². The van der Waals surface area contributed by atoms with Gasteiger partial charge in [0.05, 0.1) is 12.7 Å². The van der Waals surface area contributed by atoms with Crippen molar-refractivity contribution in [3.05, 3.63) is 53.8 Å². The molecule has 1 atom stereocenters. The van der Waals surface area contributed by atoms with E-state index in [0.29, 0.717) is 13.1 Å². The summed E-state index contributed by atoms with van der Waals surface area (Å²) in [7, 11) is -2.43. The van der Waals surface area contributed by atoms with Crippen molar-refractivity contribution in [1.29, 1.82) is 0 Å². The summed E-state index contributed by atoms with van der Waals surface area (Å²) in [5, 5.41) is 5.25. The number of sulfonamides is 1. The predicted molar refractivity (Wildman–Crippen MR) is 127 cm³/mol. The molecule has 2 aromatic rings. The summed E-state index contributed by atoms with van der Waals surface area (Å²) >= 11 is 0. The zero-order valence-corrected chi connectivity index (χ0v) is 20.3. The number of halogens is 1. The van der Waals surface area contributed by atoms with E-state index in [1.54, 1.807) is 13.8 Å². The average molecular weight is 492 g/mol. The molecule has 0 bridgehead atoms. The number of nitrogens with one attached hydrogen (secondary N) is 2. The van der Waals surface area contributed by atoms with Crippen LogP contribution in [0.4, 0.5) is 10.1 Å². The molecule has 2 aromatic carbocycles. The van der Waals surface area contributed by atoms with Gasteiger partial charge in [0.2, 0.25) is 15.9 Å². The van der Waals surface area contributed by atoms with Gasteiger partial charge in [0.15, 0.2) is 0 Å². The first-order valence-corrected chi connectivity index (χ1v) is 12.6. The van der Waals surface area contributed by atoms with Crippen molar-refractivity contribution < 1.29 is 27.1 Å². The van der Waals surface area contributed by atoms with Crippen LogP contribution in [0, 0.1) is 11.7 Å². The Labute approximate surface area is 199 Å². The molecule has 2 N–H and O–H groups in total. The summed E-state index contributed by atoms with van der Waals surface area (Å²) in [5.74, 6) is -2.09. The first-order chi connectivity index (χ1) is 16.1. The molecule has 1 aliphatic rings. The van der Waals surface area contributed by atoms with Crippen molar-refractivity contribution in [3.63, 3.8) is 0 Å². The van der Waals surface area contributed by atoms with Crippen LogP contribution in [0.2, 0.25) is 0 Å². The van der Waals surface area contributed by atoms with Crippen molar-refractivity contribution in [3.8, 4) is 5.75 Å². The highest BCUT2D eigenvalue weighted by molar-refractivity contribution is 7.89. The number of carbonyl (C=O) groups excluding carboxylic acids is 2. The van der Waals surface area contributed by atoms with E-state index in [4.69, 9.17) is 4.74 Å². The summed E-state index contributed by atoms with van der Waals surface area (Å²) < 4.78 is 47.1. The monoisotopic (exact) mass is 491 g/mol. The Balaban J connectivity index is 1.83. The normalized spacial score (nSPS) is 15.6. The van der Waals surface area contributed by atoms with Crippen molar-refractivity contribution in [2.24, 2.45) is 5.92 Å². The largest absolute Gasteiger partial charge is 0.495 e. The molecule has 3 rings (SSSR count). The third-order valence-corrected chi connectivity index (χ3v) is 7.64. The Morgan fingerprint density at radius 3 is 2.35 bits per heavy atom. The van der Waals surface area contributed by atoms with Gasteiger partial charge in [-0.15, -0.1) is 0 Å². The number of methoxy groups -OCH3 is 1. The van der Waals surface area contributed by atoms with Gasteiger partial charge in [-0.25, -0.2) is 12.8 Å². The summed E-state index contributed by atoms with van der Waals surface area (Å²) in [4.78, 5) is 25.5. The van der Waals surface area contributed by atoms with Crippen LogP contribution in [-0.4, -0.2) is 50.8 Å². The number of rotatable bonds is 8. The van der Waals surface area contributed by atoms with Crippen molar-refractivity contribution in [2.45, 2.75) is 44.0 Å². The van der Waals surface area contributed by atoms with Gasteiger partial charge < -0.3 is 15.4 Å². The standard InChI is InChI=1S/C24H30FN3O5S/c1-16(2)22(27-23(29)18-9-5-6-10-19(18)25)24(30)26-17-11-12-20(33-3)21(15-17)34(31,32)28-13-7-4-8-14-28/h5-6,9-12,15-16,22H,4,7-8,13-14H2,1-3H3,(H,26,30)(H,27,29)/t22-/m1/s1. The van der Waals surface area contributed by atoms with Gasteiger partial charge in [-0.05, 0) is 49.1 Å². The first kappa shape index (κ1) is 25.6. The molecule has 1 heterocycles. The zero-order valence-electron chi connectivity index (χ0n) is 19.5. The first-order valence-electron chi connectivity index (χ1n) is 11.2. The molecule has 0 saturated carbocycles. The fourth-order valence-electron chi connectivity index (χ4n) is 3.82. The number of hydrogen-bond donors (Lipinski definition) is 2. The van der Waals surface area contributed by atoms with Crippen LogP contribution in [0.15, 0.2) is 47.4 Å². The van der Waals surface area contributed by atoms with Gasteiger partial charge >= 0.3 is 0 Å². The molecule has 0 radical (unpaired) electrons. The van der Waals surface area contributed by atoms with Gasteiger partial charge in [-0.2, -0.15) is 4.31 Å². The topological polar surface area (TPSA) is 105 Å². The second kappa shape index (κ2) is 11.0. The van der Waals surface area contributed by atoms with Gasteiger partial charge in [0, 0.05) is 18.8 Å². The summed E-state index contributed by atoms with van der Waals surface area (Å²) in [6, 6.07) is 8.90. The zero-order chi connectivity index (χ0) is 24.9. The Morgan fingerprint density at radius 2 is 1.74 bits per heavy atom. The van der Waals surface area contributed by atoms with Crippen LogP contribution < -0.4 is 15.4 Å². The second-order valence-corrected chi connectivity index (χ2v) is 10.4.